The number of rotatable bonds is 9. The number of alkyl halides is 3. The fourth-order valence-corrected chi connectivity index (χ4v) is 2.44. The number of carbonyl (C=O) groups is 1. The first-order valence-electron chi connectivity index (χ1n) is 8.09. The summed E-state index contributed by atoms with van der Waals surface area (Å²) in [7, 11) is 1.63. The lowest BCUT2D eigenvalue weighted by Crippen LogP contribution is -2.03. The highest BCUT2D eigenvalue weighted by Gasteiger charge is 2.36. The van der Waals surface area contributed by atoms with Gasteiger partial charge in [-0.1, -0.05) is 25.0 Å². The van der Waals surface area contributed by atoms with Crippen LogP contribution < -0.4 is 4.74 Å². The molecule has 0 saturated heterocycles. The number of halogens is 3. The van der Waals surface area contributed by atoms with Crippen molar-refractivity contribution in [3.63, 3.8) is 0 Å². The monoisotopic (exact) mass is 355 g/mol. The number of ketones is 1. The third-order valence-electron chi connectivity index (χ3n) is 3.78. The number of benzene rings is 1. The predicted octanol–water partition coefficient (Wildman–Crippen LogP) is 5.08. The number of aromatic nitrogens is 1. The molecule has 0 radical (unpaired) electrons. The minimum Gasteiger partial charge on any atom is -0.497 e. The first-order valence-corrected chi connectivity index (χ1v) is 8.09. The van der Waals surface area contributed by atoms with E-state index in [9.17, 15) is 18.0 Å². The predicted molar refractivity (Wildman–Crippen MR) is 85.6 cm³/mol. The third kappa shape index (κ3) is 5.92. The summed E-state index contributed by atoms with van der Waals surface area (Å²) < 4.78 is 46.8. The number of carbonyl (C=O) groups excluding carboxylic acids is 1. The number of oxazole rings is 1. The number of unbranched alkanes of at least 4 members (excludes halogenated alkanes) is 3. The molecule has 136 valence electrons. The number of hydrogen-bond donors (Lipinski definition) is 0. The van der Waals surface area contributed by atoms with Gasteiger partial charge in [0.25, 0.3) is 5.89 Å². The summed E-state index contributed by atoms with van der Waals surface area (Å²) in [6.07, 6.45) is 0.301. The molecular weight excluding hydrogens is 335 g/mol. The van der Waals surface area contributed by atoms with Gasteiger partial charge in [-0.25, -0.2) is 4.98 Å². The third-order valence-corrected chi connectivity index (χ3v) is 3.78. The summed E-state index contributed by atoms with van der Waals surface area (Å²) >= 11 is 0. The molecule has 25 heavy (non-hydrogen) atoms. The smallest absolute Gasteiger partial charge is 0.451 e. The molecule has 0 N–H and O–H groups in total. The van der Waals surface area contributed by atoms with Crippen LogP contribution in [0.5, 0.6) is 5.75 Å². The number of aryl methyl sites for hydroxylation is 1. The molecule has 4 nitrogen and oxygen atoms in total. The number of ether oxygens (including phenoxy) is 1. The molecule has 0 aliphatic carbocycles. The van der Waals surface area contributed by atoms with Crippen LogP contribution in [0.15, 0.2) is 34.9 Å². The maximum atomic E-state index is 12.4. The molecule has 0 amide bonds. The second kappa shape index (κ2) is 8.69. The Balaban J connectivity index is 1.65. The number of nitrogens with zero attached hydrogens (tertiary/aromatic N) is 1. The van der Waals surface area contributed by atoms with E-state index >= 15 is 0 Å². The van der Waals surface area contributed by atoms with Crippen molar-refractivity contribution < 1.29 is 27.1 Å². The lowest BCUT2D eigenvalue weighted by atomic mass is 10.0. The second-order valence-corrected chi connectivity index (χ2v) is 5.72. The first kappa shape index (κ1) is 19.0. The number of hydrogen-bond acceptors (Lipinski definition) is 4. The van der Waals surface area contributed by atoms with E-state index in [0.29, 0.717) is 12.6 Å². The number of Topliss-reactive ketones (excluding diaryl/α,β-unsaturated/α-hetero) is 1. The van der Waals surface area contributed by atoms with Gasteiger partial charge in [0.2, 0.25) is 11.5 Å². The highest BCUT2D eigenvalue weighted by Crippen LogP contribution is 2.29. The Kier molecular flexibility index (Phi) is 6.61. The molecule has 0 fully saturated rings. The molecule has 7 heteroatoms. The molecule has 0 unspecified atom stereocenters. The Labute approximate surface area is 144 Å². The Bertz CT molecular complexity index is 695. The minimum absolute atomic E-state index is 0.136. The number of methoxy groups -OCH3 is 1. The van der Waals surface area contributed by atoms with E-state index in [0.717, 1.165) is 31.4 Å². The molecule has 0 bridgehead atoms. The lowest BCUT2D eigenvalue weighted by Gasteiger charge is -2.04. The van der Waals surface area contributed by atoms with Gasteiger partial charge in [-0.3, -0.25) is 4.79 Å². The maximum absolute atomic E-state index is 12.4. The largest absolute Gasteiger partial charge is 0.497 e. The van der Waals surface area contributed by atoms with Crippen molar-refractivity contribution in [2.45, 2.75) is 44.7 Å². The molecule has 0 aliphatic rings. The summed E-state index contributed by atoms with van der Waals surface area (Å²) in [6.45, 7) is 0. The molecule has 0 spiro atoms. The molecule has 2 aromatic rings. The van der Waals surface area contributed by atoms with Crippen molar-refractivity contribution in [3.05, 3.63) is 47.7 Å². The van der Waals surface area contributed by atoms with Gasteiger partial charge in [0.05, 0.1) is 13.3 Å². The minimum atomic E-state index is -4.62. The van der Waals surface area contributed by atoms with Gasteiger partial charge in [0.15, 0.2) is 0 Å². The van der Waals surface area contributed by atoms with Gasteiger partial charge < -0.3 is 9.15 Å². The average molecular weight is 355 g/mol. The zero-order valence-electron chi connectivity index (χ0n) is 13.9. The van der Waals surface area contributed by atoms with Crippen LogP contribution in [0.3, 0.4) is 0 Å². The summed E-state index contributed by atoms with van der Waals surface area (Å²) in [4.78, 5) is 15.2. The van der Waals surface area contributed by atoms with E-state index in [4.69, 9.17) is 4.74 Å². The van der Waals surface area contributed by atoms with Crippen LogP contribution in [0.4, 0.5) is 13.2 Å². The normalized spacial score (nSPS) is 11.5. The quantitative estimate of drug-likeness (QED) is 0.465. The summed E-state index contributed by atoms with van der Waals surface area (Å²) in [5.41, 5.74) is 1.19. The summed E-state index contributed by atoms with van der Waals surface area (Å²) in [5.74, 6) is -1.38. The van der Waals surface area contributed by atoms with Crippen molar-refractivity contribution in [2.24, 2.45) is 0 Å². The Morgan fingerprint density at radius 2 is 1.96 bits per heavy atom. The van der Waals surface area contributed by atoms with E-state index < -0.39 is 23.6 Å². The molecule has 1 aromatic heterocycles. The van der Waals surface area contributed by atoms with E-state index in [1.54, 1.807) is 7.11 Å². The van der Waals surface area contributed by atoms with Gasteiger partial charge in [0, 0.05) is 6.42 Å². The molecule has 1 heterocycles. The standard InChI is InChI=1S/C18H20F3NO3/c1-24-14-9-6-8-13(11-14)7-4-2-3-5-10-15(23)17-22-12-16(25-17)18(19,20)21/h6,8-9,11-12H,2-5,7,10H2,1H3. The van der Waals surface area contributed by atoms with E-state index in [1.807, 2.05) is 24.3 Å². The summed E-state index contributed by atoms with van der Waals surface area (Å²) in [6, 6.07) is 7.86. The second-order valence-electron chi connectivity index (χ2n) is 5.72. The van der Waals surface area contributed by atoms with Crippen molar-refractivity contribution in [2.75, 3.05) is 7.11 Å². The van der Waals surface area contributed by atoms with Crippen molar-refractivity contribution >= 4 is 5.78 Å². The van der Waals surface area contributed by atoms with Crippen molar-refractivity contribution in [3.8, 4) is 5.75 Å². The Morgan fingerprint density at radius 3 is 2.64 bits per heavy atom. The molecule has 0 atom stereocenters. The van der Waals surface area contributed by atoms with Crippen LogP contribution in [-0.4, -0.2) is 17.9 Å². The highest BCUT2D eigenvalue weighted by atomic mass is 19.4. The van der Waals surface area contributed by atoms with Gasteiger partial charge in [0.1, 0.15) is 5.75 Å². The fourth-order valence-electron chi connectivity index (χ4n) is 2.44. The SMILES string of the molecule is COc1cccc(CCCCCCC(=O)c2ncc(C(F)(F)F)o2)c1. The fraction of sp³-hybridized carbons (Fsp3) is 0.444. The average Bonchev–Trinajstić information content (AvgIpc) is 3.08. The van der Waals surface area contributed by atoms with Crippen LogP contribution in [0, 0.1) is 0 Å². The van der Waals surface area contributed by atoms with Crippen molar-refractivity contribution in [1.29, 1.82) is 0 Å². The van der Waals surface area contributed by atoms with Gasteiger partial charge in [-0.05, 0) is 37.0 Å². The van der Waals surface area contributed by atoms with Gasteiger partial charge in [-0.2, -0.15) is 13.2 Å². The van der Waals surface area contributed by atoms with Crippen LogP contribution in [-0.2, 0) is 12.6 Å². The molecule has 0 aliphatic heterocycles. The lowest BCUT2D eigenvalue weighted by molar-refractivity contribution is -0.153. The zero-order chi connectivity index (χ0) is 18.3. The Hall–Kier alpha value is -2.31. The van der Waals surface area contributed by atoms with Crippen LogP contribution in [0.25, 0.3) is 0 Å². The van der Waals surface area contributed by atoms with Gasteiger partial charge >= 0.3 is 6.18 Å². The van der Waals surface area contributed by atoms with E-state index in [2.05, 4.69) is 9.40 Å². The van der Waals surface area contributed by atoms with Crippen LogP contribution in [0.2, 0.25) is 0 Å². The molecule has 0 saturated carbocycles. The molecular formula is C18H20F3NO3. The van der Waals surface area contributed by atoms with Crippen LogP contribution >= 0.6 is 0 Å². The van der Waals surface area contributed by atoms with E-state index in [-0.39, 0.29) is 6.42 Å². The summed E-state index contributed by atoms with van der Waals surface area (Å²) in [5, 5.41) is 0. The van der Waals surface area contributed by atoms with Crippen molar-refractivity contribution in [1.82, 2.24) is 4.98 Å². The van der Waals surface area contributed by atoms with E-state index in [1.165, 1.54) is 5.56 Å². The molecule has 2 rings (SSSR count). The van der Waals surface area contributed by atoms with Crippen LogP contribution in [0.1, 0.15) is 54.1 Å². The zero-order valence-corrected chi connectivity index (χ0v) is 13.9. The first-order chi connectivity index (χ1) is 11.9. The topological polar surface area (TPSA) is 52.3 Å². The van der Waals surface area contributed by atoms with Gasteiger partial charge in [-0.15, -0.1) is 0 Å². The maximum Gasteiger partial charge on any atom is 0.451 e. The Morgan fingerprint density at radius 1 is 1.20 bits per heavy atom. The highest BCUT2D eigenvalue weighted by molar-refractivity contribution is 5.91. The molecule has 1 aromatic carbocycles.